The van der Waals surface area contributed by atoms with Crippen molar-refractivity contribution in [2.45, 2.75) is 69.6 Å². The summed E-state index contributed by atoms with van der Waals surface area (Å²) in [7, 11) is 0. The van der Waals surface area contributed by atoms with Gasteiger partial charge in [-0.25, -0.2) is 0 Å². The van der Waals surface area contributed by atoms with Gasteiger partial charge in [0, 0.05) is 0 Å². The molecule has 0 radical (unpaired) electrons. The van der Waals surface area contributed by atoms with Gasteiger partial charge in [0.05, 0.1) is 0 Å². The summed E-state index contributed by atoms with van der Waals surface area (Å²) in [5, 5.41) is 13.5. The third-order valence-electron chi connectivity index (χ3n) is 6.64. The molecule has 0 aromatic heterocycles. The Kier molecular flexibility index (Phi) is 6.28. The third kappa shape index (κ3) is 3.25. The van der Waals surface area contributed by atoms with Crippen LogP contribution < -0.4 is 16.9 Å². The number of rotatable bonds is 6. The number of fused-ring (bicyclic) bond motifs is 2. The first-order valence-corrected chi connectivity index (χ1v) is 12.2. The number of hydrogen-bond acceptors (Lipinski definition) is 1. The Labute approximate surface area is 152 Å². The van der Waals surface area contributed by atoms with Crippen LogP contribution in [0.5, 0.6) is 0 Å². The van der Waals surface area contributed by atoms with Crippen LogP contribution in [0.15, 0.2) is 30.3 Å². The van der Waals surface area contributed by atoms with Gasteiger partial charge in [-0.3, -0.25) is 0 Å². The molecule has 1 aromatic rings. The molecule has 0 amide bonds. The fourth-order valence-corrected chi connectivity index (χ4v) is 11.3. The standard InChI is InChI=1S/C20H31OSe.ClH/c1-4-5-13-22(17-9-7-6-8-10-17)15-20-12-11-16(14-18(20)21)19(20,2)3;/h6-10,16,18,21H,4-5,11-15H2,1-3H3;1H/q+1;/p-1/t16-,18-,20-,22?;/m1./s1. The Hall–Kier alpha value is -0.0105. The molecule has 1 nitrogen and oxygen atoms in total. The number of aliphatic hydroxyl groups excluding tert-OH is 1. The van der Waals surface area contributed by atoms with Crippen molar-refractivity contribution in [3.8, 4) is 0 Å². The quantitative estimate of drug-likeness (QED) is 0.714. The summed E-state index contributed by atoms with van der Waals surface area (Å²) in [5.74, 6) is 0.747. The number of benzene rings is 1. The second-order valence-corrected chi connectivity index (χ2v) is 12.4. The predicted molar refractivity (Wildman–Crippen MR) is 95.9 cm³/mol. The predicted octanol–water partition coefficient (Wildman–Crippen LogP) is 1.38. The molecule has 3 heteroatoms. The van der Waals surface area contributed by atoms with Crippen molar-refractivity contribution in [2.24, 2.45) is 16.7 Å². The molecule has 2 bridgehead atoms. The van der Waals surface area contributed by atoms with E-state index in [1.807, 2.05) is 0 Å². The van der Waals surface area contributed by atoms with Crippen LogP contribution in [-0.4, -0.2) is 25.1 Å². The Bertz CT molecular complexity index is 504. The smallest absolute Gasteiger partial charge is 1.00 e. The molecule has 2 fully saturated rings. The first kappa shape index (κ1) is 19.3. The Morgan fingerprint density at radius 3 is 2.43 bits per heavy atom. The summed E-state index contributed by atoms with van der Waals surface area (Å²) < 4.78 is 1.60. The maximum Gasteiger partial charge on any atom is -1.00 e. The largest absolute Gasteiger partial charge is 1.00 e. The number of hydrogen-bond donors (Lipinski definition) is 1. The normalized spacial score (nSPS) is 32.5. The molecule has 0 aliphatic heterocycles. The minimum atomic E-state index is -0.841. The first-order chi connectivity index (χ1) is 10.5. The van der Waals surface area contributed by atoms with Gasteiger partial charge in [0.1, 0.15) is 0 Å². The molecule has 3 rings (SSSR count). The van der Waals surface area contributed by atoms with Gasteiger partial charge >= 0.3 is 140 Å². The van der Waals surface area contributed by atoms with Gasteiger partial charge < -0.3 is 12.4 Å². The molecular formula is C20H31ClOSe. The zero-order chi connectivity index (χ0) is 15.8. The van der Waals surface area contributed by atoms with Crippen molar-refractivity contribution >= 4 is 18.4 Å². The fourth-order valence-electron chi connectivity index (χ4n) is 4.90. The molecule has 2 aliphatic carbocycles. The fraction of sp³-hybridized carbons (Fsp3) is 0.700. The minimum absolute atomic E-state index is 0. The Balaban J connectivity index is 0.00000192. The second kappa shape index (κ2) is 7.48. The molecule has 0 spiro atoms. The van der Waals surface area contributed by atoms with Crippen LogP contribution in [0, 0.1) is 16.7 Å². The molecule has 1 unspecified atom stereocenters. The zero-order valence-electron chi connectivity index (χ0n) is 14.7. The van der Waals surface area contributed by atoms with Gasteiger partial charge in [-0.05, 0) is 0 Å². The van der Waals surface area contributed by atoms with E-state index in [9.17, 15) is 5.11 Å². The van der Waals surface area contributed by atoms with Gasteiger partial charge in [0.15, 0.2) is 0 Å². The molecule has 0 saturated heterocycles. The number of unbranched alkanes of at least 4 members (excludes halogenated alkanes) is 1. The summed E-state index contributed by atoms with van der Waals surface area (Å²) in [6.07, 6.45) is 6.22. The van der Waals surface area contributed by atoms with E-state index in [0.29, 0.717) is 5.41 Å². The number of aliphatic hydroxyl groups is 1. The summed E-state index contributed by atoms with van der Waals surface area (Å²) in [5.41, 5.74) is 0.529. The molecule has 0 heterocycles. The average Bonchev–Trinajstić information content (AvgIpc) is 2.86. The van der Waals surface area contributed by atoms with Crippen molar-refractivity contribution in [1.29, 1.82) is 0 Å². The average molecular weight is 402 g/mol. The SMILES string of the molecule is CCCC[Se+](C[C@]12CC[C@H](C[C@H]1O)C2(C)C)c1ccccc1.[Cl-]. The van der Waals surface area contributed by atoms with Crippen LogP contribution in [0.1, 0.15) is 52.9 Å². The van der Waals surface area contributed by atoms with Gasteiger partial charge in [0.25, 0.3) is 0 Å². The number of halogens is 1. The zero-order valence-corrected chi connectivity index (χ0v) is 17.2. The van der Waals surface area contributed by atoms with Crippen molar-refractivity contribution < 1.29 is 17.5 Å². The molecule has 130 valence electrons. The molecule has 2 saturated carbocycles. The Morgan fingerprint density at radius 1 is 1.22 bits per heavy atom. The summed E-state index contributed by atoms with van der Waals surface area (Å²) in [6, 6.07) is 11.2. The maximum absolute atomic E-state index is 10.8. The van der Waals surface area contributed by atoms with Gasteiger partial charge in [0.2, 0.25) is 0 Å². The van der Waals surface area contributed by atoms with Crippen molar-refractivity contribution in [3.63, 3.8) is 0 Å². The maximum atomic E-state index is 10.8. The van der Waals surface area contributed by atoms with Crippen LogP contribution in [0.25, 0.3) is 0 Å². The van der Waals surface area contributed by atoms with Crippen LogP contribution in [0.4, 0.5) is 0 Å². The van der Waals surface area contributed by atoms with E-state index in [4.69, 9.17) is 0 Å². The second-order valence-electron chi connectivity index (χ2n) is 7.87. The summed E-state index contributed by atoms with van der Waals surface area (Å²) >= 11 is -0.841. The van der Waals surface area contributed by atoms with E-state index >= 15 is 0 Å². The minimum Gasteiger partial charge on any atom is -1.00 e. The molecule has 1 N–H and O–H groups in total. The van der Waals surface area contributed by atoms with Crippen molar-refractivity contribution in [3.05, 3.63) is 30.3 Å². The van der Waals surface area contributed by atoms with E-state index in [0.717, 1.165) is 12.3 Å². The van der Waals surface area contributed by atoms with Gasteiger partial charge in [-0.1, -0.05) is 0 Å². The topological polar surface area (TPSA) is 20.2 Å². The molecule has 23 heavy (non-hydrogen) atoms. The van der Waals surface area contributed by atoms with E-state index < -0.39 is 13.9 Å². The molecular weight excluding hydrogens is 371 g/mol. The molecule has 1 aromatic carbocycles. The van der Waals surface area contributed by atoms with E-state index in [-0.39, 0.29) is 23.9 Å². The molecule has 2 aliphatic rings. The summed E-state index contributed by atoms with van der Waals surface area (Å²) in [6.45, 7) is 7.18. The summed E-state index contributed by atoms with van der Waals surface area (Å²) in [4.78, 5) is 0. The third-order valence-corrected chi connectivity index (χ3v) is 12.1. The van der Waals surface area contributed by atoms with E-state index in [2.05, 4.69) is 51.1 Å². The first-order valence-electron chi connectivity index (χ1n) is 8.92. The Morgan fingerprint density at radius 2 is 1.91 bits per heavy atom. The van der Waals surface area contributed by atoms with Crippen molar-refractivity contribution in [2.75, 3.05) is 0 Å². The van der Waals surface area contributed by atoms with E-state index in [1.165, 1.54) is 36.3 Å². The van der Waals surface area contributed by atoms with Gasteiger partial charge in [-0.2, -0.15) is 0 Å². The van der Waals surface area contributed by atoms with Crippen LogP contribution in [0.3, 0.4) is 0 Å². The van der Waals surface area contributed by atoms with Crippen LogP contribution in [-0.2, 0) is 0 Å². The van der Waals surface area contributed by atoms with Crippen molar-refractivity contribution in [1.82, 2.24) is 0 Å². The monoisotopic (exact) mass is 402 g/mol. The van der Waals surface area contributed by atoms with Crippen LogP contribution in [0.2, 0.25) is 10.6 Å². The van der Waals surface area contributed by atoms with Crippen LogP contribution >= 0.6 is 0 Å². The molecule has 4 atom stereocenters. The van der Waals surface area contributed by atoms with Gasteiger partial charge in [-0.15, -0.1) is 0 Å². The van der Waals surface area contributed by atoms with E-state index in [1.54, 1.807) is 4.46 Å².